The summed E-state index contributed by atoms with van der Waals surface area (Å²) >= 11 is 0. The van der Waals surface area contributed by atoms with Crippen LogP contribution in [-0.2, 0) is 11.2 Å². The molecule has 3 heterocycles. The molecule has 0 amide bonds. The van der Waals surface area contributed by atoms with Crippen LogP contribution in [-0.4, -0.2) is 38.5 Å². The summed E-state index contributed by atoms with van der Waals surface area (Å²) in [5.41, 5.74) is 0.575. The van der Waals surface area contributed by atoms with Gasteiger partial charge < -0.3 is 9.26 Å². The second kappa shape index (κ2) is 6.48. The van der Waals surface area contributed by atoms with Crippen LogP contribution in [0.1, 0.15) is 36.3 Å². The van der Waals surface area contributed by atoms with Gasteiger partial charge in [0, 0.05) is 24.7 Å². The summed E-state index contributed by atoms with van der Waals surface area (Å²) < 4.78 is 23.8. The lowest BCUT2D eigenvalue weighted by atomic mass is 10.00. The van der Waals surface area contributed by atoms with Gasteiger partial charge in [0.05, 0.1) is 6.42 Å². The van der Waals surface area contributed by atoms with E-state index in [0.717, 1.165) is 31.9 Å². The molecule has 0 unspecified atom stereocenters. The standard InChI is InChI=1S/C16H16FN5O2/c17-12-3-1-2-11(8-12)16-19-14(24-22-16)9-13-18-15(21-20-13)10-4-6-23-7-5-10/h1-3,8,10H,4-7,9H2,(H,18,20,21). The first-order valence-corrected chi connectivity index (χ1v) is 7.85. The van der Waals surface area contributed by atoms with Gasteiger partial charge in [-0.1, -0.05) is 17.3 Å². The zero-order valence-electron chi connectivity index (χ0n) is 12.9. The van der Waals surface area contributed by atoms with E-state index in [2.05, 4.69) is 25.3 Å². The topological polar surface area (TPSA) is 89.7 Å². The quantitative estimate of drug-likeness (QED) is 0.791. The Balaban J connectivity index is 1.47. The van der Waals surface area contributed by atoms with Gasteiger partial charge in [-0.3, -0.25) is 5.10 Å². The molecule has 1 aromatic carbocycles. The van der Waals surface area contributed by atoms with Crippen molar-refractivity contribution in [2.24, 2.45) is 0 Å². The molecule has 0 radical (unpaired) electrons. The largest absolute Gasteiger partial charge is 0.381 e. The fourth-order valence-corrected chi connectivity index (χ4v) is 2.74. The van der Waals surface area contributed by atoms with Crippen molar-refractivity contribution in [3.63, 3.8) is 0 Å². The van der Waals surface area contributed by atoms with Gasteiger partial charge in [0.2, 0.25) is 11.7 Å². The zero-order chi connectivity index (χ0) is 16.4. The third-order valence-electron chi connectivity index (χ3n) is 4.01. The highest BCUT2D eigenvalue weighted by Crippen LogP contribution is 2.24. The van der Waals surface area contributed by atoms with Crippen molar-refractivity contribution in [2.75, 3.05) is 13.2 Å². The average Bonchev–Trinajstić information content (AvgIpc) is 3.26. The minimum absolute atomic E-state index is 0.328. The Labute approximate surface area is 137 Å². The molecule has 0 saturated carbocycles. The van der Waals surface area contributed by atoms with Crippen molar-refractivity contribution in [3.05, 3.63) is 47.6 Å². The fourth-order valence-electron chi connectivity index (χ4n) is 2.74. The van der Waals surface area contributed by atoms with E-state index in [1.54, 1.807) is 12.1 Å². The number of benzene rings is 1. The van der Waals surface area contributed by atoms with Crippen molar-refractivity contribution < 1.29 is 13.7 Å². The molecule has 3 aromatic rings. The molecule has 1 aliphatic rings. The monoisotopic (exact) mass is 329 g/mol. The van der Waals surface area contributed by atoms with E-state index >= 15 is 0 Å². The first kappa shape index (κ1) is 14.9. The lowest BCUT2D eigenvalue weighted by Gasteiger charge is -2.18. The normalized spacial score (nSPS) is 15.7. The van der Waals surface area contributed by atoms with Crippen LogP contribution in [0.15, 0.2) is 28.8 Å². The number of nitrogens with zero attached hydrogens (tertiary/aromatic N) is 4. The molecular formula is C16H16FN5O2. The molecule has 7 nitrogen and oxygen atoms in total. The Kier molecular flexibility index (Phi) is 4.04. The van der Waals surface area contributed by atoms with Crippen LogP contribution in [0.3, 0.4) is 0 Å². The number of aromatic amines is 1. The van der Waals surface area contributed by atoms with Gasteiger partial charge in [-0.25, -0.2) is 9.37 Å². The molecule has 2 aromatic heterocycles. The summed E-state index contributed by atoms with van der Waals surface area (Å²) in [4.78, 5) is 8.80. The van der Waals surface area contributed by atoms with Crippen LogP contribution in [0.2, 0.25) is 0 Å². The molecule has 1 aliphatic heterocycles. The minimum Gasteiger partial charge on any atom is -0.381 e. The van der Waals surface area contributed by atoms with E-state index in [1.165, 1.54) is 12.1 Å². The molecule has 4 rings (SSSR count). The predicted molar refractivity (Wildman–Crippen MR) is 81.7 cm³/mol. The number of ether oxygens (including phenoxy) is 1. The summed E-state index contributed by atoms with van der Waals surface area (Å²) in [6.07, 6.45) is 2.22. The van der Waals surface area contributed by atoms with Crippen LogP contribution in [0, 0.1) is 5.82 Å². The van der Waals surface area contributed by atoms with Gasteiger partial charge in [-0.2, -0.15) is 10.1 Å². The molecule has 124 valence electrons. The van der Waals surface area contributed by atoms with Crippen LogP contribution >= 0.6 is 0 Å². The maximum atomic E-state index is 13.3. The van der Waals surface area contributed by atoms with E-state index in [9.17, 15) is 4.39 Å². The average molecular weight is 329 g/mol. The zero-order valence-corrected chi connectivity index (χ0v) is 12.9. The number of hydrogen-bond donors (Lipinski definition) is 1. The Morgan fingerprint density at radius 3 is 2.92 bits per heavy atom. The van der Waals surface area contributed by atoms with Gasteiger partial charge in [0.25, 0.3) is 0 Å². The van der Waals surface area contributed by atoms with Gasteiger partial charge in [0.15, 0.2) is 5.82 Å². The SMILES string of the molecule is Fc1cccc(-c2noc(Cc3nc(C4CCOCC4)n[nH]3)n2)c1. The first-order chi connectivity index (χ1) is 11.8. The maximum Gasteiger partial charge on any atom is 0.234 e. The molecule has 0 aliphatic carbocycles. The van der Waals surface area contributed by atoms with Gasteiger partial charge in [-0.05, 0) is 25.0 Å². The van der Waals surface area contributed by atoms with Crippen molar-refractivity contribution in [2.45, 2.75) is 25.2 Å². The van der Waals surface area contributed by atoms with Crippen molar-refractivity contribution in [3.8, 4) is 11.4 Å². The molecule has 0 atom stereocenters. The number of halogens is 1. The number of H-pyrrole nitrogens is 1. The van der Waals surface area contributed by atoms with Crippen LogP contribution < -0.4 is 0 Å². The van der Waals surface area contributed by atoms with Crippen molar-refractivity contribution >= 4 is 0 Å². The third kappa shape index (κ3) is 3.18. The third-order valence-corrected chi connectivity index (χ3v) is 4.01. The van der Waals surface area contributed by atoms with E-state index in [4.69, 9.17) is 9.26 Å². The van der Waals surface area contributed by atoms with E-state index in [1.807, 2.05) is 0 Å². The molecular weight excluding hydrogens is 313 g/mol. The number of rotatable bonds is 4. The highest BCUT2D eigenvalue weighted by Gasteiger charge is 2.21. The number of aromatic nitrogens is 5. The molecule has 24 heavy (non-hydrogen) atoms. The molecule has 0 bridgehead atoms. The number of hydrogen-bond acceptors (Lipinski definition) is 6. The smallest absolute Gasteiger partial charge is 0.234 e. The highest BCUT2D eigenvalue weighted by molar-refractivity contribution is 5.53. The first-order valence-electron chi connectivity index (χ1n) is 7.85. The highest BCUT2D eigenvalue weighted by atomic mass is 19.1. The van der Waals surface area contributed by atoms with Gasteiger partial charge >= 0.3 is 0 Å². The van der Waals surface area contributed by atoms with Gasteiger partial charge in [-0.15, -0.1) is 0 Å². The molecule has 8 heteroatoms. The van der Waals surface area contributed by atoms with E-state index in [0.29, 0.717) is 35.4 Å². The molecule has 1 fully saturated rings. The molecule has 0 spiro atoms. The van der Waals surface area contributed by atoms with Crippen LogP contribution in [0.4, 0.5) is 4.39 Å². The second-order valence-electron chi connectivity index (χ2n) is 5.73. The summed E-state index contributed by atoms with van der Waals surface area (Å²) in [6.45, 7) is 1.49. The van der Waals surface area contributed by atoms with Gasteiger partial charge in [0.1, 0.15) is 11.6 Å². The maximum absolute atomic E-state index is 13.3. The van der Waals surface area contributed by atoms with Crippen molar-refractivity contribution in [1.29, 1.82) is 0 Å². The Morgan fingerprint density at radius 1 is 1.21 bits per heavy atom. The minimum atomic E-state index is -0.338. The van der Waals surface area contributed by atoms with E-state index in [-0.39, 0.29) is 5.82 Å². The lowest BCUT2D eigenvalue weighted by molar-refractivity contribution is 0.0836. The Hall–Kier alpha value is -2.61. The fraction of sp³-hybridized carbons (Fsp3) is 0.375. The van der Waals surface area contributed by atoms with Crippen molar-refractivity contribution in [1.82, 2.24) is 25.3 Å². The summed E-state index contributed by atoms with van der Waals surface area (Å²) in [6, 6.07) is 6.08. The van der Waals surface area contributed by atoms with Crippen LogP contribution in [0.25, 0.3) is 11.4 Å². The van der Waals surface area contributed by atoms with E-state index < -0.39 is 0 Å². The lowest BCUT2D eigenvalue weighted by Crippen LogP contribution is -2.15. The molecule has 1 saturated heterocycles. The Morgan fingerprint density at radius 2 is 2.08 bits per heavy atom. The number of nitrogens with one attached hydrogen (secondary N) is 1. The summed E-state index contributed by atoms with van der Waals surface area (Å²) in [5.74, 6) is 2.23. The predicted octanol–water partition coefficient (Wildman–Crippen LogP) is 2.48. The van der Waals surface area contributed by atoms with Crippen LogP contribution in [0.5, 0.6) is 0 Å². The summed E-state index contributed by atoms with van der Waals surface area (Å²) in [5, 5.41) is 11.1. The second-order valence-corrected chi connectivity index (χ2v) is 5.73. The molecule has 1 N–H and O–H groups in total. The summed E-state index contributed by atoms with van der Waals surface area (Å²) in [7, 11) is 0. The Bertz CT molecular complexity index is 825.